The van der Waals surface area contributed by atoms with Crippen molar-refractivity contribution in [3.05, 3.63) is 17.7 Å². The number of benzene rings is 1. The fraction of sp³-hybridized carbons (Fsp3) is 0.500. The van der Waals surface area contributed by atoms with Crippen molar-refractivity contribution >= 4 is 5.91 Å². The molecule has 0 atom stereocenters. The molecule has 0 fully saturated rings. The molecule has 7 nitrogen and oxygen atoms in total. The van der Waals surface area contributed by atoms with Crippen LogP contribution in [0.1, 0.15) is 10.4 Å². The zero-order valence-electron chi connectivity index (χ0n) is 12.5. The third-order valence-corrected chi connectivity index (χ3v) is 2.96. The van der Waals surface area contributed by atoms with Crippen LogP contribution in [0.2, 0.25) is 0 Å². The Morgan fingerprint density at radius 1 is 1.00 bits per heavy atom. The molecule has 0 aromatic heterocycles. The third-order valence-electron chi connectivity index (χ3n) is 2.96. The van der Waals surface area contributed by atoms with Gasteiger partial charge in [0.2, 0.25) is 5.75 Å². The van der Waals surface area contributed by atoms with Crippen molar-refractivity contribution in [1.29, 1.82) is 0 Å². The number of carbonyl (C=O) groups excluding carboxylic acids is 1. The Hall–Kier alpha value is -1.99. The number of methoxy groups -OCH3 is 3. The quantitative estimate of drug-likeness (QED) is 0.710. The maximum Gasteiger partial charge on any atom is 0.257 e. The normalized spacial score (nSPS) is 10.1. The molecule has 0 saturated heterocycles. The standard InChI is InChI=1S/C14H21NO6/c1-19-11-5-4-10(12(20-2)13(11)21-3)14(18)15(6-8-16)7-9-17/h4-5,16-17H,6-9H2,1-3H3. The van der Waals surface area contributed by atoms with Gasteiger partial charge in [0.15, 0.2) is 11.5 Å². The van der Waals surface area contributed by atoms with E-state index in [1.54, 1.807) is 12.1 Å². The largest absolute Gasteiger partial charge is 0.493 e. The van der Waals surface area contributed by atoms with Crippen molar-refractivity contribution < 1.29 is 29.2 Å². The van der Waals surface area contributed by atoms with E-state index >= 15 is 0 Å². The number of aliphatic hydroxyl groups excluding tert-OH is 2. The minimum absolute atomic E-state index is 0.122. The summed E-state index contributed by atoms with van der Waals surface area (Å²) in [4.78, 5) is 13.8. The smallest absolute Gasteiger partial charge is 0.257 e. The molecule has 2 N–H and O–H groups in total. The molecule has 1 amide bonds. The van der Waals surface area contributed by atoms with Crippen LogP contribution >= 0.6 is 0 Å². The number of hydrogen-bond acceptors (Lipinski definition) is 6. The van der Waals surface area contributed by atoms with Gasteiger partial charge in [-0.15, -0.1) is 0 Å². The summed E-state index contributed by atoms with van der Waals surface area (Å²) in [6, 6.07) is 3.16. The first kappa shape index (κ1) is 17.1. The van der Waals surface area contributed by atoms with Gasteiger partial charge in [0.1, 0.15) is 0 Å². The molecule has 0 unspecified atom stereocenters. The monoisotopic (exact) mass is 299 g/mol. The highest BCUT2D eigenvalue weighted by molar-refractivity contribution is 5.98. The highest BCUT2D eigenvalue weighted by atomic mass is 16.5. The summed E-state index contributed by atoms with van der Waals surface area (Å²) in [7, 11) is 4.37. The Morgan fingerprint density at radius 2 is 1.57 bits per heavy atom. The second-order valence-electron chi connectivity index (χ2n) is 4.12. The number of aliphatic hydroxyl groups is 2. The number of carbonyl (C=O) groups is 1. The zero-order valence-corrected chi connectivity index (χ0v) is 12.5. The van der Waals surface area contributed by atoms with Crippen molar-refractivity contribution in [1.82, 2.24) is 4.90 Å². The summed E-state index contributed by atoms with van der Waals surface area (Å²) < 4.78 is 15.6. The fourth-order valence-electron chi connectivity index (χ4n) is 2.00. The van der Waals surface area contributed by atoms with Gasteiger partial charge >= 0.3 is 0 Å². The number of ether oxygens (including phenoxy) is 3. The molecular weight excluding hydrogens is 278 g/mol. The van der Waals surface area contributed by atoms with Gasteiger partial charge in [0.05, 0.1) is 40.1 Å². The summed E-state index contributed by atoms with van der Waals surface area (Å²) in [6.45, 7) is -0.142. The summed E-state index contributed by atoms with van der Waals surface area (Å²) in [6.07, 6.45) is 0. The molecule has 0 spiro atoms. The first-order valence-electron chi connectivity index (χ1n) is 6.44. The van der Waals surface area contributed by atoms with Crippen LogP contribution in [-0.4, -0.2) is 68.7 Å². The van der Waals surface area contributed by atoms with E-state index in [-0.39, 0.29) is 43.5 Å². The summed E-state index contributed by atoms with van der Waals surface area (Å²) in [5.74, 6) is 0.652. The molecule has 0 aliphatic carbocycles. The van der Waals surface area contributed by atoms with Crippen LogP contribution in [0.3, 0.4) is 0 Å². The van der Waals surface area contributed by atoms with Crippen LogP contribution in [0, 0.1) is 0 Å². The second-order valence-corrected chi connectivity index (χ2v) is 4.12. The summed E-state index contributed by atoms with van der Waals surface area (Å²) in [5.41, 5.74) is 0.275. The molecule has 1 rings (SSSR count). The van der Waals surface area contributed by atoms with Gasteiger partial charge < -0.3 is 29.3 Å². The van der Waals surface area contributed by atoms with Crippen molar-refractivity contribution in [3.63, 3.8) is 0 Å². The van der Waals surface area contributed by atoms with Gasteiger partial charge in [-0.1, -0.05) is 0 Å². The van der Waals surface area contributed by atoms with Gasteiger partial charge in [0.25, 0.3) is 5.91 Å². The number of rotatable bonds is 8. The molecule has 0 radical (unpaired) electrons. The predicted octanol–water partition coefficient (Wildman–Crippen LogP) is 0.139. The van der Waals surface area contributed by atoms with Gasteiger partial charge in [-0.05, 0) is 12.1 Å². The number of nitrogens with zero attached hydrogens (tertiary/aromatic N) is 1. The minimum atomic E-state index is -0.365. The molecule has 1 aromatic rings. The topological polar surface area (TPSA) is 88.5 Å². The molecule has 21 heavy (non-hydrogen) atoms. The molecular formula is C14H21NO6. The van der Waals surface area contributed by atoms with E-state index < -0.39 is 0 Å². The number of hydrogen-bond donors (Lipinski definition) is 2. The zero-order chi connectivity index (χ0) is 15.8. The average molecular weight is 299 g/mol. The second kappa shape index (κ2) is 8.33. The van der Waals surface area contributed by atoms with Crippen LogP contribution in [0.4, 0.5) is 0 Å². The Morgan fingerprint density at radius 3 is 2.00 bits per heavy atom. The molecule has 0 aliphatic rings. The Labute approximate surface area is 123 Å². The Kier molecular flexibility index (Phi) is 6.77. The van der Waals surface area contributed by atoms with Crippen LogP contribution in [0.5, 0.6) is 17.2 Å². The first-order chi connectivity index (χ1) is 10.1. The molecule has 1 aromatic carbocycles. The average Bonchev–Trinajstić information content (AvgIpc) is 2.52. The molecule has 0 aliphatic heterocycles. The Bertz CT molecular complexity index is 471. The third kappa shape index (κ3) is 3.77. The maximum absolute atomic E-state index is 12.5. The van der Waals surface area contributed by atoms with Crippen LogP contribution in [-0.2, 0) is 0 Å². The lowest BCUT2D eigenvalue weighted by Crippen LogP contribution is -2.36. The van der Waals surface area contributed by atoms with E-state index in [0.717, 1.165) is 0 Å². The van der Waals surface area contributed by atoms with Crippen LogP contribution in [0.15, 0.2) is 12.1 Å². The van der Waals surface area contributed by atoms with Crippen molar-refractivity contribution in [2.24, 2.45) is 0 Å². The highest BCUT2D eigenvalue weighted by Crippen LogP contribution is 2.40. The van der Waals surface area contributed by atoms with Gasteiger partial charge in [-0.2, -0.15) is 0 Å². The summed E-state index contributed by atoms with van der Waals surface area (Å²) >= 11 is 0. The van der Waals surface area contributed by atoms with E-state index in [1.165, 1.54) is 26.2 Å². The van der Waals surface area contributed by atoms with Crippen molar-refractivity contribution in [2.75, 3.05) is 47.6 Å². The van der Waals surface area contributed by atoms with Crippen LogP contribution in [0.25, 0.3) is 0 Å². The first-order valence-corrected chi connectivity index (χ1v) is 6.44. The Balaban J connectivity index is 3.24. The van der Waals surface area contributed by atoms with Crippen molar-refractivity contribution in [3.8, 4) is 17.2 Å². The fourth-order valence-corrected chi connectivity index (χ4v) is 2.00. The lowest BCUT2D eigenvalue weighted by atomic mass is 10.1. The molecule has 0 heterocycles. The molecule has 0 bridgehead atoms. The summed E-state index contributed by atoms with van der Waals surface area (Å²) in [5, 5.41) is 18.0. The van der Waals surface area contributed by atoms with E-state index in [4.69, 9.17) is 24.4 Å². The minimum Gasteiger partial charge on any atom is -0.493 e. The van der Waals surface area contributed by atoms with E-state index in [2.05, 4.69) is 0 Å². The van der Waals surface area contributed by atoms with Gasteiger partial charge in [-0.3, -0.25) is 4.79 Å². The van der Waals surface area contributed by atoms with Crippen molar-refractivity contribution in [2.45, 2.75) is 0 Å². The molecule has 0 saturated carbocycles. The van der Waals surface area contributed by atoms with Gasteiger partial charge in [-0.25, -0.2) is 0 Å². The van der Waals surface area contributed by atoms with E-state index in [0.29, 0.717) is 11.5 Å². The van der Waals surface area contributed by atoms with E-state index in [9.17, 15) is 4.79 Å². The lowest BCUT2D eigenvalue weighted by Gasteiger charge is -2.23. The van der Waals surface area contributed by atoms with E-state index in [1.807, 2.05) is 0 Å². The lowest BCUT2D eigenvalue weighted by molar-refractivity contribution is 0.0680. The number of amides is 1. The van der Waals surface area contributed by atoms with Crippen LogP contribution < -0.4 is 14.2 Å². The highest BCUT2D eigenvalue weighted by Gasteiger charge is 2.24. The molecule has 7 heteroatoms. The molecule has 118 valence electrons. The SMILES string of the molecule is COc1ccc(C(=O)N(CCO)CCO)c(OC)c1OC. The maximum atomic E-state index is 12.5. The predicted molar refractivity (Wildman–Crippen MR) is 76.2 cm³/mol. The van der Waals surface area contributed by atoms with Gasteiger partial charge in [0, 0.05) is 13.1 Å².